The number of amides is 1. The fraction of sp³-hybridized carbons (Fsp3) is 0.611. The predicted octanol–water partition coefficient (Wildman–Crippen LogP) is 1.93. The molecule has 128 valence electrons. The van der Waals surface area contributed by atoms with Gasteiger partial charge in [0, 0.05) is 19.0 Å². The van der Waals surface area contributed by atoms with Crippen LogP contribution in [0.15, 0.2) is 24.3 Å². The summed E-state index contributed by atoms with van der Waals surface area (Å²) in [6.07, 6.45) is 3.74. The molecule has 1 amide bonds. The Bertz CT molecular complexity index is 484. The third-order valence-corrected chi connectivity index (χ3v) is 4.60. The first-order valence-corrected chi connectivity index (χ1v) is 8.51. The molecule has 1 aromatic rings. The van der Waals surface area contributed by atoms with Gasteiger partial charge < -0.3 is 15.8 Å². The van der Waals surface area contributed by atoms with Gasteiger partial charge in [0.1, 0.15) is 5.75 Å². The van der Waals surface area contributed by atoms with Gasteiger partial charge in [-0.2, -0.15) is 0 Å². The molecule has 0 aliphatic carbocycles. The van der Waals surface area contributed by atoms with Crippen LogP contribution in [-0.2, 0) is 4.79 Å². The van der Waals surface area contributed by atoms with Gasteiger partial charge in [-0.1, -0.05) is 25.5 Å². The number of rotatable bonds is 7. The molecule has 3 N–H and O–H groups in total. The van der Waals surface area contributed by atoms with Crippen molar-refractivity contribution in [2.24, 2.45) is 11.7 Å². The molecule has 23 heavy (non-hydrogen) atoms. The molecule has 1 heterocycles. The second kappa shape index (κ2) is 8.89. The average Bonchev–Trinajstić information content (AvgIpc) is 2.62. The van der Waals surface area contributed by atoms with E-state index in [-0.39, 0.29) is 17.9 Å². The number of benzene rings is 1. The molecule has 0 radical (unpaired) electrons. The number of carbonyl (C=O) groups is 1. The Hall–Kier alpha value is -1.59. The van der Waals surface area contributed by atoms with E-state index in [4.69, 9.17) is 10.5 Å². The van der Waals surface area contributed by atoms with Crippen LogP contribution in [0.2, 0.25) is 0 Å². The number of hydrogen-bond acceptors (Lipinski definition) is 4. The molecule has 0 aromatic heterocycles. The van der Waals surface area contributed by atoms with Crippen molar-refractivity contribution < 1.29 is 9.53 Å². The second-order valence-electron chi connectivity index (χ2n) is 6.27. The van der Waals surface area contributed by atoms with Crippen molar-refractivity contribution in [3.05, 3.63) is 29.8 Å². The predicted molar refractivity (Wildman–Crippen MR) is 92.4 cm³/mol. The van der Waals surface area contributed by atoms with Crippen molar-refractivity contribution in [2.75, 3.05) is 33.3 Å². The zero-order chi connectivity index (χ0) is 16.7. The zero-order valence-electron chi connectivity index (χ0n) is 14.3. The Labute approximate surface area is 139 Å². The molecule has 5 nitrogen and oxygen atoms in total. The van der Waals surface area contributed by atoms with Gasteiger partial charge in [-0.25, -0.2) is 0 Å². The van der Waals surface area contributed by atoms with E-state index in [9.17, 15) is 4.79 Å². The highest BCUT2D eigenvalue weighted by Crippen LogP contribution is 2.25. The van der Waals surface area contributed by atoms with Gasteiger partial charge in [0.05, 0.1) is 13.2 Å². The summed E-state index contributed by atoms with van der Waals surface area (Å²) in [6.45, 7) is 5.02. The van der Waals surface area contributed by atoms with Crippen LogP contribution in [0.25, 0.3) is 0 Å². The maximum absolute atomic E-state index is 12.1. The van der Waals surface area contributed by atoms with Gasteiger partial charge in [0.15, 0.2) is 0 Å². The van der Waals surface area contributed by atoms with Crippen LogP contribution in [0.1, 0.15) is 37.8 Å². The maximum Gasteiger partial charge on any atom is 0.224 e. The minimum atomic E-state index is -0.145. The zero-order valence-corrected chi connectivity index (χ0v) is 14.3. The first-order valence-electron chi connectivity index (χ1n) is 8.51. The summed E-state index contributed by atoms with van der Waals surface area (Å²) in [6, 6.07) is 8.36. The van der Waals surface area contributed by atoms with E-state index in [2.05, 4.69) is 22.3 Å². The van der Waals surface area contributed by atoms with Gasteiger partial charge in [-0.15, -0.1) is 0 Å². The number of nitrogens with two attached hydrogens (primary N) is 1. The summed E-state index contributed by atoms with van der Waals surface area (Å²) in [5.41, 5.74) is 6.80. The summed E-state index contributed by atoms with van der Waals surface area (Å²) in [4.78, 5) is 14.5. The average molecular weight is 319 g/mol. The number of hydrogen-bond donors (Lipinski definition) is 2. The van der Waals surface area contributed by atoms with Crippen molar-refractivity contribution in [2.45, 2.75) is 32.2 Å². The third-order valence-electron chi connectivity index (χ3n) is 4.60. The summed E-state index contributed by atoms with van der Waals surface area (Å²) in [5, 5.41) is 3.07. The van der Waals surface area contributed by atoms with E-state index in [1.807, 2.05) is 19.1 Å². The Morgan fingerprint density at radius 3 is 2.48 bits per heavy atom. The number of carbonyl (C=O) groups excluding carboxylic acids is 1. The lowest BCUT2D eigenvalue weighted by molar-refractivity contribution is -0.124. The van der Waals surface area contributed by atoms with E-state index >= 15 is 0 Å². The van der Waals surface area contributed by atoms with Crippen molar-refractivity contribution >= 4 is 5.91 Å². The number of nitrogens with zero attached hydrogens (tertiary/aromatic N) is 1. The first kappa shape index (κ1) is 17.8. The van der Waals surface area contributed by atoms with Gasteiger partial charge in [-0.3, -0.25) is 9.69 Å². The Balaban J connectivity index is 2.08. The summed E-state index contributed by atoms with van der Waals surface area (Å²) >= 11 is 0. The molecule has 0 saturated carbocycles. The van der Waals surface area contributed by atoms with E-state index in [0.717, 1.165) is 18.8 Å². The van der Waals surface area contributed by atoms with Gasteiger partial charge in [-0.05, 0) is 43.6 Å². The van der Waals surface area contributed by atoms with Crippen molar-refractivity contribution in [3.8, 4) is 5.75 Å². The normalized spacial score (nSPS) is 18.2. The highest BCUT2D eigenvalue weighted by atomic mass is 16.5. The molecule has 1 aromatic carbocycles. The molecule has 1 aliphatic heterocycles. The Kier molecular flexibility index (Phi) is 6.86. The molecule has 1 saturated heterocycles. The van der Waals surface area contributed by atoms with Crippen molar-refractivity contribution in [1.82, 2.24) is 10.2 Å². The lowest BCUT2D eigenvalue weighted by atomic mass is 10.0. The lowest BCUT2D eigenvalue weighted by Crippen LogP contribution is -2.42. The SMILES string of the molecule is COc1ccc(C(CNC(=O)C(C)CN)N2CCCCC2)cc1. The quantitative estimate of drug-likeness (QED) is 0.806. The van der Waals surface area contributed by atoms with E-state index < -0.39 is 0 Å². The number of methoxy groups -OCH3 is 1. The number of nitrogens with one attached hydrogen (secondary N) is 1. The smallest absolute Gasteiger partial charge is 0.224 e. The molecule has 1 aliphatic rings. The molecule has 0 spiro atoms. The van der Waals surface area contributed by atoms with E-state index in [1.165, 1.54) is 24.8 Å². The van der Waals surface area contributed by atoms with E-state index in [0.29, 0.717) is 13.1 Å². The molecule has 2 unspecified atom stereocenters. The number of ether oxygens (including phenoxy) is 1. The van der Waals surface area contributed by atoms with Crippen molar-refractivity contribution in [3.63, 3.8) is 0 Å². The lowest BCUT2D eigenvalue weighted by Gasteiger charge is -2.35. The van der Waals surface area contributed by atoms with Crippen LogP contribution in [0.5, 0.6) is 5.75 Å². The largest absolute Gasteiger partial charge is 0.497 e. The highest BCUT2D eigenvalue weighted by molar-refractivity contribution is 5.78. The molecule has 1 fully saturated rings. The van der Waals surface area contributed by atoms with Crippen LogP contribution in [0.3, 0.4) is 0 Å². The number of piperidine rings is 1. The van der Waals surface area contributed by atoms with Crippen LogP contribution in [-0.4, -0.2) is 44.1 Å². The van der Waals surface area contributed by atoms with Crippen LogP contribution >= 0.6 is 0 Å². The van der Waals surface area contributed by atoms with Gasteiger partial charge >= 0.3 is 0 Å². The molecular formula is C18H29N3O2. The first-order chi connectivity index (χ1) is 11.2. The molecule has 2 rings (SSSR count). The summed E-state index contributed by atoms with van der Waals surface area (Å²) in [5.74, 6) is 0.739. The van der Waals surface area contributed by atoms with Gasteiger partial charge in [0.2, 0.25) is 5.91 Å². The third kappa shape index (κ3) is 4.94. The van der Waals surface area contributed by atoms with Crippen LogP contribution < -0.4 is 15.8 Å². The van der Waals surface area contributed by atoms with Gasteiger partial charge in [0.25, 0.3) is 0 Å². The Morgan fingerprint density at radius 2 is 1.91 bits per heavy atom. The van der Waals surface area contributed by atoms with Crippen LogP contribution in [0, 0.1) is 5.92 Å². The topological polar surface area (TPSA) is 67.6 Å². The maximum atomic E-state index is 12.1. The van der Waals surface area contributed by atoms with E-state index in [1.54, 1.807) is 7.11 Å². The van der Waals surface area contributed by atoms with Crippen LogP contribution in [0.4, 0.5) is 0 Å². The fourth-order valence-electron chi connectivity index (χ4n) is 2.99. The molecule has 2 atom stereocenters. The fourth-order valence-corrected chi connectivity index (χ4v) is 2.99. The highest BCUT2D eigenvalue weighted by Gasteiger charge is 2.23. The second-order valence-corrected chi connectivity index (χ2v) is 6.27. The molecule has 5 heteroatoms. The summed E-state index contributed by atoms with van der Waals surface area (Å²) < 4.78 is 5.24. The molecule has 0 bridgehead atoms. The Morgan fingerprint density at radius 1 is 1.26 bits per heavy atom. The minimum absolute atomic E-state index is 0.0306. The summed E-state index contributed by atoms with van der Waals surface area (Å²) in [7, 11) is 1.67. The minimum Gasteiger partial charge on any atom is -0.497 e. The van der Waals surface area contributed by atoms with Crippen molar-refractivity contribution in [1.29, 1.82) is 0 Å². The molecular weight excluding hydrogens is 290 g/mol. The standard InChI is InChI=1S/C18H29N3O2/c1-14(12-19)18(22)20-13-17(21-10-4-3-5-11-21)15-6-8-16(23-2)9-7-15/h6-9,14,17H,3-5,10-13,19H2,1-2H3,(H,20,22). The monoisotopic (exact) mass is 319 g/mol. The number of likely N-dealkylation sites (tertiary alicyclic amines) is 1.